The predicted molar refractivity (Wildman–Crippen MR) is 89.0 cm³/mol. The van der Waals surface area contributed by atoms with Crippen molar-refractivity contribution < 1.29 is 17.9 Å². The molecule has 0 bridgehead atoms. The normalized spacial score (nSPS) is 16.4. The van der Waals surface area contributed by atoms with Gasteiger partial charge < -0.3 is 9.64 Å². The lowest BCUT2D eigenvalue weighted by Crippen LogP contribution is -2.47. The second kappa shape index (κ2) is 7.31. The smallest absolute Gasteiger partial charge is 0.260 e. The highest BCUT2D eigenvalue weighted by Gasteiger charge is 2.24. The Kier molecular flexibility index (Phi) is 5.64. The van der Waals surface area contributed by atoms with E-state index in [1.807, 2.05) is 32.0 Å². The first-order chi connectivity index (χ1) is 10.7. The minimum absolute atomic E-state index is 0.00662. The molecule has 0 atom stereocenters. The summed E-state index contributed by atoms with van der Waals surface area (Å²) in [6, 6.07) is 5.66. The van der Waals surface area contributed by atoms with Crippen molar-refractivity contribution in [3.05, 3.63) is 29.3 Å². The van der Waals surface area contributed by atoms with Crippen LogP contribution in [0.1, 0.15) is 24.0 Å². The van der Waals surface area contributed by atoms with Crippen molar-refractivity contribution in [3.8, 4) is 5.75 Å². The van der Waals surface area contributed by atoms with Crippen LogP contribution in [0, 0.1) is 13.8 Å². The maximum Gasteiger partial charge on any atom is 0.260 e. The molecule has 7 heteroatoms. The number of benzene rings is 1. The van der Waals surface area contributed by atoms with Gasteiger partial charge >= 0.3 is 0 Å². The topological polar surface area (TPSA) is 75.7 Å². The number of hydrogen-bond acceptors (Lipinski definition) is 4. The van der Waals surface area contributed by atoms with Crippen LogP contribution in [0.3, 0.4) is 0 Å². The summed E-state index contributed by atoms with van der Waals surface area (Å²) >= 11 is 0. The van der Waals surface area contributed by atoms with Gasteiger partial charge in [-0.1, -0.05) is 6.07 Å². The minimum Gasteiger partial charge on any atom is -0.484 e. The number of carbonyl (C=O) groups is 1. The third-order valence-corrected chi connectivity index (χ3v) is 4.83. The molecule has 0 radical (unpaired) electrons. The van der Waals surface area contributed by atoms with E-state index in [-0.39, 0.29) is 18.6 Å². The summed E-state index contributed by atoms with van der Waals surface area (Å²) in [5, 5.41) is 0. The summed E-state index contributed by atoms with van der Waals surface area (Å²) in [5.74, 6) is 0.621. The molecule has 0 aromatic heterocycles. The Balaban J connectivity index is 1.80. The lowest BCUT2D eigenvalue weighted by atomic mass is 10.1. The van der Waals surface area contributed by atoms with Crippen LogP contribution in [0.5, 0.6) is 5.75 Å². The van der Waals surface area contributed by atoms with Crippen LogP contribution in [-0.2, 0) is 14.8 Å². The lowest BCUT2D eigenvalue weighted by molar-refractivity contribution is -0.134. The van der Waals surface area contributed by atoms with Gasteiger partial charge in [-0.3, -0.25) is 4.79 Å². The van der Waals surface area contributed by atoms with Crippen molar-refractivity contribution in [2.75, 3.05) is 26.0 Å². The third kappa shape index (κ3) is 5.51. The fourth-order valence-electron chi connectivity index (χ4n) is 2.59. The Morgan fingerprint density at radius 1 is 1.26 bits per heavy atom. The van der Waals surface area contributed by atoms with Gasteiger partial charge in [0.15, 0.2) is 6.61 Å². The number of carbonyl (C=O) groups excluding carboxylic acids is 1. The number of piperidine rings is 1. The van der Waals surface area contributed by atoms with Crippen LogP contribution in [0.25, 0.3) is 0 Å². The van der Waals surface area contributed by atoms with Gasteiger partial charge in [0.25, 0.3) is 5.91 Å². The first-order valence-corrected chi connectivity index (χ1v) is 9.59. The molecule has 0 saturated carbocycles. The van der Waals surface area contributed by atoms with E-state index < -0.39 is 10.0 Å². The molecule has 0 spiro atoms. The van der Waals surface area contributed by atoms with Gasteiger partial charge in [-0.2, -0.15) is 0 Å². The number of aryl methyl sites for hydroxylation is 2. The van der Waals surface area contributed by atoms with E-state index in [2.05, 4.69) is 4.72 Å². The molecular formula is C16H24N2O4S. The van der Waals surface area contributed by atoms with E-state index in [9.17, 15) is 13.2 Å². The molecule has 1 N–H and O–H groups in total. The number of nitrogens with zero attached hydrogens (tertiary/aromatic N) is 1. The van der Waals surface area contributed by atoms with Crippen molar-refractivity contribution >= 4 is 15.9 Å². The zero-order chi connectivity index (χ0) is 17.0. The first-order valence-electron chi connectivity index (χ1n) is 7.70. The molecule has 1 aliphatic rings. The number of sulfonamides is 1. The van der Waals surface area contributed by atoms with E-state index in [4.69, 9.17) is 4.74 Å². The number of amides is 1. The molecule has 1 amide bonds. The van der Waals surface area contributed by atoms with Crippen molar-refractivity contribution in [3.63, 3.8) is 0 Å². The molecule has 0 aliphatic carbocycles. The zero-order valence-corrected chi connectivity index (χ0v) is 14.6. The Bertz CT molecular complexity index is 665. The van der Waals surface area contributed by atoms with Gasteiger partial charge in [0.2, 0.25) is 10.0 Å². The molecule has 1 heterocycles. The SMILES string of the molecule is Cc1ccc(OCC(=O)N2CCC(NS(C)(=O)=O)CC2)cc1C. The van der Waals surface area contributed by atoms with Gasteiger partial charge in [0.05, 0.1) is 6.26 Å². The lowest BCUT2D eigenvalue weighted by Gasteiger charge is -2.31. The quantitative estimate of drug-likeness (QED) is 0.874. The molecule has 1 aromatic carbocycles. The van der Waals surface area contributed by atoms with Gasteiger partial charge in [0, 0.05) is 19.1 Å². The monoisotopic (exact) mass is 340 g/mol. The number of hydrogen-bond donors (Lipinski definition) is 1. The summed E-state index contributed by atoms with van der Waals surface area (Å²) in [6.45, 7) is 5.12. The second-order valence-electron chi connectivity index (χ2n) is 6.08. The Hall–Kier alpha value is -1.60. The Morgan fingerprint density at radius 2 is 1.91 bits per heavy atom. The molecule has 1 fully saturated rings. The number of nitrogens with one attached hydrogen (secondary N) is 1. The van der Waals surface area contributed by atoms with Crippen molar-refractivity contribution in [2.45, 2.75) is 32.7 Å². The van der Waals surface area contributed by atoms with Crippen molar-refractivity contribution in [1.82, 2.24) is 9.62 Å². The number of likely N-dealkylation sites (tertiary alicyclic amines) is 1. The van der Waals surface area contributed by atoms with Crippen LogP contribution >= 0.6 is 0 Å². The van der Waals surface area contributed by atoms with Crippen LogP contribution < -0.4 is 9.46 Å². The fourth-order valence-corrected chi connectivity index (χ4v) is 3.43. The predicted octanol–water partition coefficient (Wildman–Crippen LogP) is 1.22. The summed E-state index contributed by atoms with van der Waals surface area (Å²) in [7, 11) is -3.19. The van der Waals surface area contributed by atoms with E-state index in [1.54, 1.807) is 4.90 Å². The van der Waals surface area contributed by atoms with Crippen LogP contribution in [0.4, 0.5) is 0 Å². The standard InChI is InChI=1S/C16H24N2O4S/c1-12-4-5-15(10-13(12)2)22-11-16(19)18-8-6-14(7-9-18)17-23(3,20)21/h4-5,10,14,17H,6-9,11H2,1-3H3. The third-order valence-electron chi connectivity index (χ3n) is 4.07. The molecule has 1 saturated heterocycles. The molecular weight excluding hydrogens is 316 g/mol. The van der Waals surface area contributed by atoms with Crippen LogP contribution in [0.2, 0.25) is 0 Å². The van der Waals surface area contributed by atoms with E-state index in [1.165, 1.54) is 5.56 Å². The van der Waals surface area contributed by atoms with Crippen LogP contribution in [-0.4, -0.2) is 51.2 Å². The van der Waals surface area contributed by atoms with Crippen molar-refractivity contribution in [2.24, 2.45) is 0 Å². The number of rotatable bonds is 5. The maximum absolute atomic E-state index is 12.2. The maximum atomic E-state index is 12.2. The Labute approximate surface area is 137 Å². The van der Waals surface area contributed by atoms with Gasteiger partial charge in [-0.05, 0) is 49.9 Å². The molecule has 6 nitrogen and oxygen atoms in total. The van der Waals surface area contributed by atoms with Gasteiger partial charge in [-0.15, -0.1) is 0 Å². The van der Waals surface area contributed by atoms with E-state index >= 15 is 0 Å². The highest BCUT2D eigenvalue weighted by molar-refractivity contribution is 7.88. The first kappa shape index (κ1) is 17.7. The molecule has 23 heavy (non-hydrogen) atoms. The molecule has 0 unspecified atom stereocenters. The fraction of sp³-hybridized carbons (Fsp3) is 0.562. The summed E-state index contributed by atoms with van der Waals surface area (Å²) in [5.41, 5.74) is 2.31. The summed E-state index contributed by atoms with van der Waals surface area (Å²) in [4.78, 5) is 13.9. The van der Waals surface area contributed by atoms with Crippen molar-refractivity contribution in [1.29, 1.82) is 0 Å². The molecule has 128 valence electrons. The largest absolute Gasteiger partial charge is 0.484 e. The Morgan fingerprint density at radius 3 is 2.48 bits per heavy atom. The average Bonchev–Trinajstić information content (AvgIpc) is 2.47. The molecule has 1 aromatic rings. The average molecular weight is 340 g/mol. The van der Waals surface area contributed by atoms with Crippen LogP contribution in [0.15, 0.2) is 18.2 Å². The summed E-state index contributed by atoms with van der Waals surface area (Å²) < 4.78 is 30.6. The number of ether oxygens (including phenoxy) is 1. The van der Waals surface area contributed by atoms with Gasteiger partial charge in [-0.25, -0.2) is 13.1 Å². The minimum atomic E-state index is -3.19. The molecule has 2 rings (SSSR count). The highest BCUT2D eigenvalue weighted by Crippen LogP contribution is 2.17. The second-order valence-corrected chi connectivity index (χ2v) is 7.86. The molecule has 1 aliphatic heterocycles. The van der Waals surface area contributed by atoms with Gasteiger partial charge in [0.1, 0.15) is 5.75 Å². The summed E-state index contributed by atoms with van der Waals surface area (Å²) in [6.07, 6.45) is 2.41. The van der Waals surface area contributed by atoms with E-state index in [0.717, 1.165) is 11.8 Å². The highest BCUT2D eigenvalue weighted by atomic mass is 32.2. The zero-order valence-electron chi connectivity index (χ0n) is 13.8. The van der Waals surface area contributed by atoms with E-state index in [0.29, 0.717) is 31.7 Å².